The number of fused-ring (bicyclic) bond motifs is 1. The zero-order valence-corrected chi connectivity index (χ0v) is 13.4. The van der Waals surface area contributed by atoms with Gasteiger partial charge in [-0.25, -0.2) is 4.98 Å². The van der Waals surface area contributed by atoms with Crippen LogP contribution in [0.4, 0.5) is 11.4 Å². The van der Waals surface area contributed by atoms with Gasteiger partial charge in [-0.15, -0.1) is 0 Å². The summed E-state index contributed by atoms with van der Waals surface area (Å²) in [6, 6.07) is 13.3. The molecule has 2 heterocycles. The number of oxazole rings is 1. The number of nitrogens with zero attached hydrogens (tertiary/aromatic N) is 2. The van der Waals surface area contributed by atoms with Crippen LogP contribution in [-0.2, 0) is 0 Å². The molecule has 5 heteroatoms. The van der Waals surface area contributed by atoms with Crippen molar-refractivity contribution in [1.82, 2.24) is 4.98 Å². The summed E-state index contributed by atoms with van der Waals surface area (Å²) in [6.45, 7) is 2.23. The molecular weight excluding hydrogens is 302 g/mol. The monoisotopic (exact) mass is 321 g/mol. The number of carbonyl (C=O) groups excluding carboxylic acids is 1. The molecule has 122 valence electrons. The molecule has 1 N–H and O–H groups in total. The maximum Gasteiger partial charge on any atom is 0.255 e. The Morgan fingerprint density at radius 3 is 2.62 bits per heavy atom. The molecule has 1 aliphatic heterocycles. The third-order valence-electron chi connectivity index (χ3n) is 4.44. The van der Waals surface area contributed by atoms with Crippen LogP contribution in [0.25, 0.3) is 11.1 Å². The van der Waals surface area contributed by atoms with Gasteiger partial charge in [0.1, 0.15) is 5.52 Å². The highest BCUT2D eigenvalue weighted by Crippen LogP contribution is 2.22. The second kappa shape index (κ2) is 6.35. The molecule has 1 saturated heterocycles. The lowest BCUT2D eigenvalue weighted by Gasteiger charge is -2.28. The summed E-state index contributed by atoms with van der Waals surface area (Å²) in [5.41, 5.74) is 3.93. The predicted molar refractivity (Wildman–Crippen MR) is 94.5 cm³/mol. The molecule has 0 unspecified atom stereocenters. The highest BCUT2D eigenvalue weighted by Gasteiger charge is 2.12. The molecule has 1 aromatic heterocycles. The van der Waals surface area contributed by atoms with Gasteiger partial charge in [-0.2, -0.15) is 0 Å². The van der Waals surface area contributed by atoms with Crippen molar-refractivity contribution in [3.05, 3.63) is 54.4 Å². The van der Waals surface area contributed by atoms with Gasteiger partial charge in [-0.05, 0) is 61.7 Å². The van der Waals surface area contributed by atoms with Crippen molar-refractivity contribution in [2.45, 2.75) is 19.3 Å². The molecule has 1 amide bonds. The SMILES string of the molecule is O=C(Nc1ccc(N2CCCCC2)cc1)c1ccc2ncoc2c1. The topological polar surface area (TPSA) is 58.4 Å². The number of hydrogen-bond donors (Lipinski definition) is 1. The lowest BCUT2D eigenvalue weighted by atomic mass is 10.1. The van der Waals surface area contributed by atoms with Gasteiger partial charge < -0.3 is 14.6 Å². The van der Waals surface area contributed by atoms with Gasteiger partial charge in [0.2, 0.25) is 0 Å². The first-order valence-electron chi connectivity index (χ1n) is 8.29. The van der Waals surface area contributed by atoms with Crippen LogP contribution in [0.2, 0.25) is 0 Å². The van der Waals surface area contributed by atoms with Crippen LogP contribution < -0.4 is 10.2 Å². The molecular formula is C19H19N3O2. The van der Waals surface area contributed by atoms with E-state index in [0.717, 1.165) is 24.3 Å². The molecule has 24 heavy (non-hydrogen) atoms. The van der Waals surface area contributed by atoms with Crippen molar-refractivity contribution in [2.75, 3.05) is 23.3 Å². The Balaban J connectivity index is 1.46. The summed E-state index contributed by atoms with van der Waals surface area (Å²) in [7, 11) is 0. The maximum atomic E-state index is 12.4. The van der Waals surface area contributed by atoms with Crippen LogP contribution in [0.1, 0.15) is 29.6 Å². The van der Waals surface area contributed by atoms with Crippen LogP contribution in [0.5, 0.6) is 0 Å². The van der Waals surface area contributed by atoms with Gasteiger partial charge in [0.15, 0.2) is 12.0 Å². The summed E-state index contributed by atoms with van der Waals surface area (Å²) in [5.74, 6) is -0.154. The van der Waals surface area contributed by atoms with Crippen molar-refractivity contribution in [3.8, 4) is 0 Å². The van der Waals surface area contributed by atoms with E-state index < -0.39 is 0 Å². The number of rotatable bonds is 3. The third kappa shape index (κ3) is 2.97. The minimum absolute atomic E-state index is 0.154. The Kier molecular flexibility index (Phi) is 3.91. The highest BCUT2D eigenvalue weighted by atomic mass is 16.3. The summed E-state index contributed by atoms with van der Waals surface area (Å²) in [4.78, 5) is 18.8. The normalized spacial score (nSPS) is 14.8. The van der Waals surface area contributed by atoms with Crippen molar-refractivity contribution in [2.24, 2.45) is 0 Å². The summed E-state index contributed by atoms with van der Waals surface area (Å²) in [5, 5.41) is 2.93. The largest absolute Gasteiger partial charge is 0.443 e. The smallest absolute Gasteiger partial charge is 0.255 e. The van der Waals surface area contributed by atoms with E-state index in [1.54, 1.807) is 18.2 Å². The van der Waals surface area contributed by atoms with Crippen molar-refractivity contribution < 1.29 is 9.21 Å². The number of benzene rings is 2. The standard InChI is InChI=1S/C19H19N3O2/c23-19(14-4-9-17-18(12-14)24-13-20-17)21-15-5-7-16(8-6-15)22-10-2-1-3-11-22/h4-9,12-13H,1-3,10-11H2,(H,21,23). The quantitative estimate of drug-likeness (QED) is 0.790. The third-order valence-corrected chi connectivity index (χ3v) is 4.44. The fourth-order valence-electron chi connectivity index (χ4n) is 3.11. The number of carbonyl (C=O) groups is 1. The minimum atomic E-state index is -0.154. The van der Waals surface area contributed by atoms with Crippen LogP contribution in [0.3, 0.4) is 0 Å². The van der Waals surface area contributed by atoms with Crippen LogP contribution >= 0.6 is 0 Å². The number of piperidine rings is 1. The lowest BCUT2D eigenvalue weighted by Crippen LogP contribution is -2.29. The van der Waals surface area contributed by atoms with E-state index >= 15 is 0 Å². The second-order valence-electron chi connectivity index (χ2n) is 6.08. The Morgan fingerprint density at radius 1 is 1.04 bits per heavy atom. The van der Waals surface area contributed by atoms with E-state index in [0.29, 0.717) is 11.1 Å². The minimum Gasteiger partial charge on any atom is -0.443 e. The molecule has 4 rings (SSSR count). The number of aromatic nitrogens is 1. The van der Waals surface area contributed by atoms with Gasteiger partial charge in [0.25, 0.3) is 5.91 Å². The Morgan fingerprint density at radius 2 is 1.83 bits per heavy atom. The number of nitrogens with one attached hydrogen (secondary N) is 1. The van der Waals surface area contributed by atoms with E-state index in [-0.39, 0.29) is 5.91 Å². The van der Waals surface area contributed by atoms with Gasteiger partial charge >= 0.3 is 0 Å². The maximum absolute atomic E-state index is 12.4. The van der Waals surface area contributed by atoms with Gasteiger partial charge in [0.05, 0.1) is 0 Å². The number of anilines is 2. The summed E-state index contributed by atoms with van der Waals surface area (Å²) >= 11 is 0. The number of amides is 1. The summed E-state index contributed by atoms with van der Waals surface area (Å²) in [6.07, 6.45) is 5.21. The highest BCUT2D eigenvalue weighted by molar-refractivity contribution is 6.05. The van der Waals surface area contributed by atoms with E-state index in [1.165, 1.54) is 31.3 Å². The number of hydrogen-bond acceptors (Lipinski definition) is 4. The first-order valence-corrected chi connectivity index (χ1v) is 8.29. The van der Waals surface area contributed by atoms with Crippen molar-refractivity contribution in [3.63, 3.8) is 0 Å². The molecule has 0 bridgehead atoms. The molecule has 5 nitrogen and oxygen atoms in total. The van der Waals surface area contributed by atoms with E-state index in [1.807, 2.05) is 12.1 Å². The first kappa shape index (κ1) is 14.8. The van der Waals surface area contributed by atoms with Crippen molar-refractivity contribution in [1.29, 1.82) is 0 Å². The lowest BCUT2D eigenvalue weighted by molar-refractivity contribution is 0.102. The Bertz CT molecular complexity index is 848. The Labute approximate surface area is 140 Å². The fourth-order valence-corrected chi connectivity index (χ4v) is 3.11. The van der Waals surface area contributed by atoms with Gasteiger partial charge in [-0.3, -0.25) is 4.79 Å². The van der Waals surface area contributed by atoms with Crippen molar-refractivity contribution >= 4 is 28.4 Å². The molecule has 0 radical (unpaired) electrons. The van der Waals surface area contributed by atoms with E-state index in [9.17, 15) is 4.79 Å². The average molecular weight is 321 g/mol. The van der Waals surface area contributed by atoms with Gasteiger partial charge in [-0.1, -0.05) is 0 Å². The van der Waals surface area contributed by atoms with Crippen LogP contribution in [-0.4, -0.2) is 24.0 Å². The first-order chi connectivity index (χ1) is 11.8. The molecule has 1 aliphatic rings. The fraction of sp³-hybridized carbons (Fsp3) is 0.263. The van der Waals surface area contributed by atoms with Crippen LogP contribution in [0.15, 0.2) is 53.3 Å². The van der Waals surface area contributed by atoms with E-state index in [2.05, 4.69) is 27.3 Å². The molecule has 0 spiro atoms. The van der Waals surface area contributed by atoms with Gasteiger partial charge in [0, 0.05) is 30.0 Å². The molecule has 0 saturated carbocycles. The Hall–Kier alpha value is -2.82. The van der Waals surface area contributed by atoms with E-state index in [4.69, 9.17) is 4.42 Å². The zero-order valence-electron chi connectivity index (χ0n) is 13.4. The molecule has 2 aromatic carbocycles. The molecule has 3 aromatic rings. The molecule has 1 fully saturated rings. The average Bonchev–Trinajstić information content (AvgIpc) is 3.11. The molecule has 0 aliphatic carbocycles. The van der Waals surface area contributed by atoms with Crippen LogP contribution in [0, 0.1) is 0 Å². The predicted octanol–water partition coefficient (Wildman–Crippen LogP) is 4.07. The second-order valence-corrected chi connectivity index (χ2v) is 6.08. The molecule has 0 atom stereocenters. The zero-order chi connectivity index (χ0) is 16.4. The summed E-state index contributed by atoms with van der Waals surface area (Å²) < 4.78 is 5.25.